The summed E-state index contributed by atoms with van der Waals surface area (Å²) >= 11 is 4.08. The normalized spacial score (nSPS) is 42.7. The summed E-state index contributed by atoms with van der Waals surface area (Å²) in [5.41, 5.74) is 0.146. The molecule has 0 radical (unpaired) electrons. The summed E-state index contributed by atoms with van der Waals surface area (Å²) in [6, 6.07) is 9.46. The molecule has 2 heterocycles. The van der Waals surface area contributed by atoms with Crippen LogP contribution in [0, 0.1) is 0 Å². The van der Waals surface area contributed by atoms with Crippen molar-refractivity contribution >= 4 is 12.6 Å². The Labute approximate surface area is 116 Å². The number of hydrogen-bond acceptors (Lipinski definition) is 6. The molecule has 0 amide bonds. The van der Waals surface area contributed by atoms with Crippen molar-refractivity contribution in [3.05, 3.63) is 35.9 Å². The Hall–Kier alpha value is -0.630. The van der Waals surface area contributed by atoms with Gasteiger partial charge in [0.25, 0.3) is 0 Å². The molecule has 2 saturated heterocycles. The van der Waals surface area contributed by atoms with Gasteiger partial charge in [-0.05, 0) is 0 Å². The van der Waals surface area contributed by atoms with Crippen LogP contribution in [0.25, 0.3) is 0 Å². The molecule has 2 aliphatic heterocycles. The SMILES string of the molecule is O[C@@H]1[C@@H](O)[C@H](S)O[C@@H]2COC(c3ccccc3)O[C@H]12. The van der Waals surface area contributed by atoms with Gasteiger partial charge in [-0.1, -0.05) is 30.3 Å². The van der Waals surface area contributed by atoms with Gasteiger partial charge in [-0.3, -0.25) is 0 Å². The van der Waals surface area contributed by atoms with Crippen LogP contribution in [-0.2, 0) is 14.2 Å². The van der Waals surface area contributed by atoms with Crippen molar-refractivity contribution in [3.63, 3.8) is 0 Å². The highest BCUT2D eigenvalue weighted by molar-refractivity contribution is 7.80. The summed E-state index contributed by atoms with van der Waals surface area (Å²) in [6.07, 6.45) is -3.68. The summed E-state index contributed by atoms with van der Waals surface area (Å²) < 4.78 is 16.8. The van der Waals surface area contributed by atoms with Gasteiger partial charge in [-0.25, -0.2) is 0 Å². The standard InChI is InChI=1S/C13H16O5S/c14-9-10(15)13(19)17-8-6-16-12(18-11(8)9)7-4-2-1-3-5-7/h1-5,8-15,19H,6H2/t8-,9-,10-,11+,12?,13+/m1/s1. The van der Waals surface area contributed by atoms with Gasteiger partial charge in [0.2, 0.25) is 0 Å². The first-order valence-corrected chi connectivity index (χ1v) is 6.70. The molecule has 0 bridgehead atoms. The van der Waals surface area contributed by atoms with E-state index in [0.29, 0.717) is 6.61 Å². The Kier molecular flexibility index (Phi) is 3.79. The number of aliphatic hydroxyl groups excluding tert-OH is 2. The lowest BCUT2D eigenvalue weighted by Crippen LogP contribution is -2.60. The zero-order valence-corrected chi connectivity index (χ0v) is 11.0. The van der Waals surface area contributed by atoms with Gasteiger partial charge in [0.15, 0.2) is 6.29 Å². The van der Waals surface area contributed by atoms with Crippen LogP contribution < -0.4 is 0 Å². The van der Waals surface area contributed by atoms with E-state index in [1.807, 2.05) is 30.3 Å². The van der Waals surface area contributed by atoms with Crippen LogP contribution in [0.4, 0.5) is 0 Å². The minimum absolute atomic E-state index is 0.297. The van der Waals surface area contributed by atoms with Gasteiger partial charge in [0, 0.05) is 5.56 Å². The first-order chi connectivity index (χ1) is 9.16. The summed E-state index contributed by atoms with van der Waals surface area (Å²) in [6.45, 7) is 0.297. The van der Waals surface area contributed by atoms with Crippen molar-refractivity contribution in [1.29, 1.82) is 0 Å². The summed E-state index contributed by atoms with van der Waals surface area (Å²) in [4.78, 5) is 0. The highest BCUT2D eigenvalue weighted by Crippen LogP contribution is 2.34. The van der Waals surface area contributed by atoms with Crippen molar-refractivity contribution < 1.29 is 24.4 Å². The highest BCUT2D eigenvalue weighted by atomic mass is 32.1. The Bertz CT molecular complexity index is 426. The monoisotopic (exact) mass is 284 g/mol. The van der Waals surface area contributed by atoms with Gasteiger partial charge < -0.3 is 24.4 Å². The molecule has 0 spiro atoms. The van der Waals surface area contributed by atoms with E-state index in [0.717, 1.165) is 5.56 Å². The van der Waals surface area contributed by atoms with E-state index >= 15 is 0 Å². The number of rotatable bonds is 1. The summed E-state index contributed by atoms with van der Waals surface area (Å²) in [7, 11) is 0. The number of aliphatic hydroxyl groups is 2. The second kappa shape index (κ2) is 5.40. The molecule has 0 aliphatic carbocycles. The van der Waals surface area contributed by atoms with Gasteiger partial charge in [0.05, 0.1) is 6.61 Å². The highest BCUT2D eigenvalue weighted by Gasteiger charge is 2.47. The molecule has 1 aromatic carbocycles. The van der Waals surface area contributed by atoms with E-state index < -0.39 is 36.1 Å². The zero-order valence-electron chi connectivity index (χ0n) is 10.1. The molecule has 2 aliphatic rings. The topological polar surface area (TPSA) is 68.2 Å². The van der Waals surface area contributed by atoms with Gasteiger partial charge in [0.1, 0.15) is 29.9 Å². The number of fused-ring (bicyclic) bond motifs is 1. The van der Waals surface area contributed by atoms with E-state index in [1.54, 1.807) is 0 Å². The maximum absolute atomic E-state index is 10.0. The number of benzene rings is 1. The minimum atomic E-state index is -1.07. The van der Waals surface area contributed by atoms with E-state index in [4.69, 9.17) is 14.2 Å². The van der Waals surface area contributed by atoms with E-state index in [2.05, 4.69) is 12.6 Å². The van der Waals surface area contributed by atoms with Crippen molar-refractivity contribution in [2.24, 2.45) is 0 Å². The number of thiol groups is 1. The van der Waals surface area contributed by atoms with E-state index in [9.17, 15) is 10.2 Å². The van der Waals surface area contributed by atoms with Crippen LogP contribution in [0.2, 0.25) is 0 Å². The van der Waals surface area contributed by atoms with Crippen molar-refractivity contribution in [3.8, 4) is 0 Å². The number of hydrogen-bond donors (Lipinski definition) is 3. The molecule has 3 rings (SSSR count). The smallest absolute Gasteiger partial charge is 0.184 e. The Morgan fingerprint density at radius 3 is 2.53 bits per heavy atom. The average Bonchev–Trinajstić information content (AvgIpc) is 2.46. The predicted octanol–water partition coefficient (Wildman–Crippen LogP) is 0.477. The predicted molar refractivity (Wildman–Crippen MR) is 69.7 cm³/mol. The van der Waals surface area contributed by atoms with E-state index in [1.165, 1.54) is 0 Å². The van der Waals surface area contributed by atoms with Gasteiger partial charge >= 0.3 is 0 Å². The lowest BCUT2D eigenvalue weighted by Gasteiger charge is -2.45. The quantitative estimate of drug-likeness (QED) is 0.654. The molecule has 104 valence electrons. The van der Waals surface area contributed by atoms with Crippen molar-refractivity contribution in [2.75, 3.05) is 6.61 Å². The molecule has 1 aromatic rings. The first kappa shape index (κ1) is 13.4. The van der Waals surface area contributed by atoms with Crippen LogP contribution in [0.5, 0.6) is 0 Å². The Morgan fingerprint density at radius 1 is 1.05 bits per heavy atom. The van der Waals surface area contributed by atoms with Crippen LogP contribution in [-0.4, -0.2) is 46.7 Å². The zero-order chi connectivity index (χ0) is 13.4. The maximum Gasteiger partial charge on any atom is 0.184 e. The number of ether oxygens (including phenoxy) is 3. The maximum atomic E-state index is 10.0. The summed E-state index contributed by atoms with van der Waals surface area (Å²) in [5.74, 6) is 0. The fourth-order valence-corrected chi connectivity index (χ4v) is 2.70. The molecule has 6 atom stereocenters. The Morgan fingerprint density at radius 2 is 1.79 bits per heavy atom. The molecule has 0 aromatic heterocycles. The molecular formula is C13H16O5S. The first-order valence-electron chi connectivity index (χ1n) is 6.18. The van der Waals surface area contributed by atoms with Gasteiger partial charge in [-0.15, -0.1) is 12.6 Å². The van der Waals surface area contributed by atoms with Crippen LogP contribution in [0.3, 0.4) is 0 Å². The third-order valence-corrected chi connectivity index (χ3v) is 3.85. The van der Waals surface area contributed by atoms with Crippen molar-refractivity contribution in [1.82, 2.24) is 0 Å². The Balaban J connectivity index is 1.75. The fraction of sp³-hybridized carbons (Fsp3) is 0.538. The summed E-state index contributed by atoms with van der Waals surface area (Å²) in [5, 5.41) is 19.8. The molecule has 6 heteroatoms. The lowest BCUT2D eigenvalue weighted by molar-refractivity contribution is -0.318. The fourth-order valence-electron chi connectivity index (χ4n) is 2.37. The van der Waals surface area contributed by atoms with Crippen LogP contribution in [0.1, 0.15) is 11.9 Å². The second-order valence-electron chi connectivity index (χ2n) is 4.72. The van der Waals surface area contributed by atoms with Gasteiger partial charge in [-0.2, -0.15) is 0 Å². The van der Waals surface area contributed by atoms with Crippen LogP contribution in [0.15, 0.2) is 30.3 Å². The molecule has 2 fully saturated rings. The molecule has 2 N–H and O–H groups in total. The third-order valence-electron chi connectivity index (χ3n) is 3.42. The minimum Gasteiger partial charge on any atom is -0.387 e. The molecule has 5 nitrogen and oxygen atoms in total. The molecule has 1 unspecified atom stereocenters. The van der Waals surface area contributed by atoms with Crippen molar-refractivity contribution in [2.45, 2.75) is 36.1 Å². The third kappa shape index (κ3) is 2.52. The molecule has 19 heavy (non-hydrogen) atoms. The largest absolute Gasteiger partial charge is 0.387 e. The van der Waals surface area contributed by atoms with Crippen LogP contribution >= 0.6 is 12.6 Å². The molecular weight excluding hydrogens is 268 g/mol. The second-order valence-corrected chi connectivity index (χ2v) is 5.23. The van der Waals surface area contributed by atoms with E-state index in [-0.39, 0.29) is 0 Å². The lowest BCUT2D eigenvalue weighted by atomic mass is 9.99. The average molecular weight is 284 g/mol. The molecule has 0 saturated carbocycles.